The number of nitrogens with two attached hydrogens (primary N) is 1. The quantitative estimate of drug-likeness (QED) is 0.205. The third-order valence-electron chi connectivity index (χ3n) is 4.99. The van der Waals surface area contributed by atoms with E-state index in [4.69, 9.17) is 20.7 Å². The van der Waals surface area contributed by atoms with Crippen molar-refractivity contribution in [1.82, 2.24) is 4.57 Å². The average molecular weight is 410 g/mol. The van der Waals surface area contributed by atoms with Crippen molar-refractivity contribution in [1.29, 1.82) is 0 Å². The van der Waals surface area contributed by atoms with Crippen LogP contribution in [0.25, 0.3) is 10.9 Å². The number of ketones is 1. The number of carbonyl (C=O) groups excluding carboxylic acids is 2. The fourth-order valence-corrected chi connectivity index (χ4v) is 3.62. The van der Waals surface area contributed by atoms with Crippen LogP contribution in [0.4, 0.5) is 0 Å². The van der Waals surface area contributed by atoms with Crippen molar-refractivity contribution in [2.45, 2.75) is 39.0 Å². The third-order valence-corrected chi connectivity index (χ3v) is 4.99. The normalized spacial score (nSPS) is 11.2. The van der Waals surface area contributed by atoms with E-state index in [0.717, 1.165) is 16.8 Å². The van der Waals surface area contributed by atoms with Crippen LogP contribution in [0.5, 0.6) is 5.75 Å². The maximum atomic E-state index is 12.7. The van der Waals surface area contributed by atoms with Crippen LogP contribution in [0.3, 0.4) is 0 Å². The molecule has 0 radical (unpaired) electrons. The molecule has 4 N–H and O–H groups in total. The molecule has 0 spiro atoms. The number of amides is 1. The Kier molecular flexibility index (Phi) is 6.87. The monoisotopic (exact) mass is 410 g/mol. The van der Waals surface area contributed by atoms with Crippen molar-refractivity contribution < 1.29 is 24.5 Å². The molecule has 0 saturated heterocycles. The van der Waals surface area contributed by atoms with Gasteiger partial charge in [0.15, 0.2) is 6.29 Å². The number of rotatable bonds is 10. The van der Waals surface area contributed by atoms with Crippen LogP contribution < -0.4 is 10.5 Å². The molecular formula is C23H26N2O5. The molecule has 0 aliphatic rings. The van der Waals surface area contributed by atoms with Crippen LogP contribution in [0, 0.1) is 0 Å². The van der Waals surface area contributed by atoms with E-state index < -0.39 is 18.0 Å². The first-order chi connectivity index (χ1) is 14.4. The largest absolute Gasteiger partial charge is 0.494 e. The highest BCUT2D eigenvalue weighted by Crippen LogP contribution is 2.31. The predicted molar refractivity (Wildman–Crippen MR) is 113 cm³/mol. The summed E-state index contributed by atoms with van der Waals surface area (Å²) in [5.41, 5.74) is 8.29. The first-order valence-electron chi connectivity index (χ1n) is 9.94. The second kappa shape index (κ2) is 9.56. The number of aliphatic hydroxyl groups excluding tert-OH is 1. The minimum absolute atomic E-state index is 0.209. The number of hydrogen-bond acceptors (Lipinski definition) is 5. The number of nitrogens with zero attached hydrogens (tertiary/aromatic N) is 1. The van der Waals surface area contributed by atoms with E-state index in [1.54, 1.807) is 12.1 Å². The molecule has 0 aliphatic heterocycles. The van der Waals surface area contributed by atoms with Crippen molar-refractivity contribution in [3.8, 4) is 5.75 Å². The molecule has 0 saturated carbocycles. The van der Waals surface area contributed by atoms with Crippen LogP contribution >= 0.6 is 0 Å². The van der Waals surface area contributed by atoms with Gasteiger partial charge in [-0.2, -0.15) is 0 Å². The van der Waals surface area contributed by atoms with E-state index in [-0.39, 0.29) is 6.42 Å². The number of benzene rings is 2. The minimum Gasteiger partial charge on any atom is -0.494 e. The van der Waals surface area contributed by atoms with Gasteiger partial charge in [-0.15, -0.1) is 0 Å². The summed E-state index contributed by atoms with van der Waals surface area (Å²) < 4.78 is 7.74. The molecule has 0 bridgehead atoms. The minimum atomic E-state index is -1.37. The van der Waals surface area contributed by atoms with Gasteiger partial charge in [-0.05, 0) is 36.6 Å². The molecule has 1 aromatic heterocycles. The molecular weight excluding hydrogens is 384 g/mol. The summed E-state index contributed by atoms with van der Waals surface area (Å²) in [6.45, 7) is 2.79. The van der Waals surface area contributed by atoms with Gasteiger partial charge in [-0.3, -0.25) is 9.59 Å². The van der Waals surface area contributed by atoms with Crippen LogP contribution in [-0.4, -0.2) is 39.4 Å². The number of fused-ring (bicyclic) bond motifs is 1. The molecule has 7 heteroatoms. The zero-order valence-corrected chi connectivity index (χ0v) is 16.9. The molecule has 1 heterocycles. The number of Topliss-reactive ketones (excluding diaryl/α,β-unsaturated/α-hetero) is 1. The molecule has 0 unspecified atom stereocenters. The molecule has 30 heavy (non-hydrogen) atoms. The first-order valence-corrected chi connectivity index (χ1v) is 9.94. The molecule has 0 aliphatic carbocycles. The Morgan fingerprint density at radius 2 is 1.87 bits per heavy atom. The second-order valence-corrected chi connectivity index (χ2v) is 7.09. The highest BCUT2D eigenvalue weighted by atomic mass is 16.5. The lowest BCUT2D eigenvalue weighted by molar-refractivity contribution is -0.114. The van der Waals surface area contributed by atoms with E-state index in [0.29, 0.717) is 42.7 Å². The second-order valence-electron chi connectivity index (χ2n) is 7.09. The summed E-state index contributed by atoms with van der Waals surface area (Å²) >= 11 is 0. The van der Waals surface area contributed by atoms with Gasteiger partial charge in [0, 0.05) is 29.6 Å². The lowest BCUT2D eigenvalue weighted by Crippen LogP contribution is -2.24. The summed E-state index contributed by atoms with van der Waals surface area (Å²) in [6, 6.07) is 15.3. The van der Waals surface area contributed by atoms with Gasteiger partial charge in [0.2, 0.25) is 0 Å². The summed E-state index contributed by atoms with van der Waals surface area (Å²) in [5.74, 6) is -1.18. The summed E-state index contributed by atoms with van der Waals surface area (Å²) in [4.78, 5) is 24.4. The van der Waals surface area contributed by atoms with E-state index in [9.17, 15) is 9.59 Å². The fraction of sp³-hybridized carbons (Fsp3) is 0.304. The number of aromatic nitrogens is 1. The molecule has 158 valence electrons. The lowest BCUT2D eigenvalue weighted by Gasteiger charge is -2.11. The molecule has 0 fully saturated rings. The van der Waals surface area contributed by atoms with Crippen molar-refractivity contribution in [2.24, 2.45) is 5.73 Å². The molecule has 3 rings (SSSR count). The highest BCUT2D eigenvalue weighted by Gasteiger charge is 2.25. The number of aliphatic hydroxyl groups is 2. The summed E-state index contributed by atoms with van der Waals surface area (Å²) in [5, 5.41) is 18.5. The lowest BCUT2D eigenvalue weighted by atomic mass is 10.0. The maximum Gasteiger partial charge on any atom is 0.289 e. The van der Waals surface area contributed by atoms with Gasteiger partial charge < -0.3 is 25.3 Å². The van der Waals surface area contributed by atoms with E-state index in [2.05, 4.69) is 0 Å². The van der Waals surface area contributed by atoms with Crippen molar-refractivity contribution in [3.05, 3.63) is 65.4 Å². The van der Waals surface area contributed by atoms with Crippen LogP contribution in [0.2, 0.25) is 0 Å². The van der Waals surface area contributed by atoms with Crippen molar-refractivity contribution in [2.75, 3.05) is 6.61 Å². The Bertz CT molecular complexity index is 1040. The molecule has 7 nitrogen and oxygen atoms in total. The number of primary amides is 1. The third kappa shape index (κ3) is 4.69. The number of hydrogen-bond donors (Lipinski definition) is 3. The zero-order chi connectivity index (χ0) is 21.7. The van der Waals surface area contributed by atoms with Gasteiger partial charge >= 0.3 is 0 Å². The smallest absolute Gasteiger partial charge is 0.289 e. The van der Waals surface area contributed by atoms with Gasteiger partial charge in [0.1, 0.15) is 5.75 Å². The Morgan fingerprint density at radius 1 is 1.13 bits per heavy atom. The molecule has 2 aromatic carbocycles. The predicted octanol–water partition coefficient (Wildman–Crippen LogP) is 2.39. The van der Waals surface area contributed by atoms with E-state index in [1.807, 2.05) is 47.9 Å². The van der Waals surface area contributed by atoms with Crippen LogP contribution in [0.15, 0.2) is 48.5 Å². The summed E-state index contributed by atoms with van der Waals surface area (Å²) in [7, 11) is 0. The number of ether oxygens (including phenoxy) is 1. The SMILES string of the molecule is CCc1c(C(=O)C(N)=O)c2cc(OCCCC(O)O)ccc2n1Cc1ccccc1. The van der Waals surface area contributed by atoms with Gasteiger partial charge in [-0.25, -0.2) is 0 Å². The Hall–Kier alpha value is -3.16. The maximum absolute atomic E-state index is 12.7. The van der Waals surface area contributed by atoms with Gasteiger partial charge in [-0.1, -0.05) is 37.3 Å². The topological polar surface area (TPSA) is 115 Å². The average Bonchev–Trinajstić information content (AvgIpc) is 3.03. The van der Waals surface area contributed by atoms with Crippen molar-refractivity contribution >= 4 is 22.6 Å². The van der Waals surface area contributed by atoms with Crippen LogP contribution in [0.1, 0.15) is 41.4 Å². The Labute approximate surface area is 174 Å². The molecule has 0 atom stereocenters. The standard InChI is InChI=1S/C23H26N2O5/c1-2-18-21(22(28)23(24)29)17-13-16(30-12-6-9-20(26)27)10-11-19(17)25(18)14-15-7-4-3-5-8-15/h3-5,7-8,10-11,13,20,26-27H,2,6,9,12,14H2,1H3,(H2,24,29). The molecule has 1 amide bonds. The van der Waals surface area contributed by atoms with Gasteiger partial charge in [0.25, 0.3) is 11.7 Å². The van der Waals surface area contributed by atoms with E-state index in [1.165, 1.54) is 0 Å². The fourth-order valence-electron chi connectivity index (χ4n) is 3.62. The Morgan fingerprint density at radius 3 is 2.50 bits per heavy atom. The van der Waals surface area contributed by atoms with E-state index >= 15 is 0 Å². The molecule has 3 aromatic rings. The zero-order valence-electron chi connectivity index (χ0n) is 16.9. The van der Waals surface area contributed by atoms with Crippen molar-refractivity contribution in [3.63, 3.8) is 0 Å². The first kappa shape index (κ1) is 21.5. The van der Waals surface area contributed by atoms with Gasteiger partial charge in [0.05, 0.1) is 12.2 Å². The highest BCUT2D eigenvalue weighted by molar-refractivity contribution is 6.45. The van der Waals surface area contributed by atoms with Crippen LogP contribution in [-0.2, 0) is 17.8 Å². The number of carbonyl (C=O) groups is 2. The summed E-state index contributed by atoms with van der Waals surface area (Å²) in [6.07, 6.45) is -0.130. The Balaban J connectivity index is 2.04.